The van der Waals surface area contributed by atoms with Gasteiger partial charge in [-0.1, -0.05) is 6.92 Å². The van der Waals surface area contributed by atoms with Crippen LogP contribution in [-0.4, -0.2) is 37.8 Å². The molecule has 0 spiro atoms. The third-order valence-corrected chi connectivity index (χ3v) is 5.74. The van der Waals surface area contributed by atoms with Crippen LogP contribution in [0.1, 0.15) is 13.3 Å². The van der Waals surface area contributed by atoms with E-state index < -0.39 is 20.8 Å². The normalized spacial score (nSPS) is 14.8. The van der Waals surface area contributed by atoms with Gasteiger partial charge in [0, 0.05) is 34.5 Å². The van der Waals surface area contributed by atoms with E-state index in [1.165, 1.54) is 19.2 Å². The Hall–Kier alpha value is -1.12. The highest BCUT2D eigenvalue weighted by Gasteiger charge is 2.20. The van der Waals surface area contributed by atoms with Crippen LogP contribution in [0.4, 0.5) is 5.69 Å². The number of hydrogen-bond donors (Lipinski definition) is 2. The van der Waals surface area contributed by atoms with Crippen LogP contribution >= 0.6 is 0 Å². The van der Waals surface area contributed by atoms with Gasteiger partial charge in [-0.3, -0.25) is 4.21 Å². The van der Waals surface area contributed by atoms with Crippen molar-refractivity contribution in [2.75, 3.05) is 25.6 Å². The van der Waals surface area contributed by atoms with Crippen LogP contribution in [0.15, 0.2) is 23.1 Å². The molecule has 2 unspecified atom stereocenters. The first-order valence-corrected chi connectivity index (χ1v) is 9.13. The van der Waals surface area contributed by atoms with Gasteiger partial charge < -0.3 is 10.5 Å². The topological polar surface area (TPSA) is 98.5 Å². The highest BCUT2D eigenvalue weighted by Crippen LogP contribution is 2.25. The fraction of sp³-hybridized carbons (Fsp3) is 0.500. The number of methoxy groups -OCH3 is 1. The standard InChI is InChI=1S/C12H20N2O4S2/c1-9(19(3)15)6-7-14-20(16,17)12-8-10(13)4-5-11(12)18-2/h4-5,8-9,14H,6-7,13H2,1-3H3. The maximum Gasteiger partial charge on any atom is 0.244 e. The Morgan fingerprint density at radius 2 is 2.10 bits per heavy atom. The van der Waals surface area contributed by atoms with Crippen LogP contribution < -0.4 is 15.2 Å². The Balaban J connectivity index is 2.84. The number of benzene rings is 1. The fourth-order valence-electron chi connectivity index (χ4n) is 1.54. The van der Waals surface area contributed by atoms with E-state index in [4.69, 9.17) is 10.5 Å². The largest absolute Gasteiger partial charge is 0.495 e. The third-order valence-electron chi connectivity index (χ3n) is 2.89. The van der Waals surface area contributed by atoms with Gasteiger partial charge in [-0.2, -0.15) is 0 Å². The molecule has 3 N–H and O–H groups in total. The van der Waals surface area contributed by atoms with E-state index >= 15 is 0 Å². The Labute approximate surface area is 122 Å². The molecule has 1 aromatic carbocycles. The summed E-state index contributed by atoms with van der Waals surface area (Å²) in [6.07, 6.45) is 2.09. The van der Waals surface area contributed by atoms with E-state index in [1.54, 1.807) is 12.3 Å². The molecule has 0 aliphatic rings. The highest BCUT2D eigenvalue weighted by molar-refractivity contribution is 7.89. The molecule has 6 nitrogen and oxygen atoms in total. The van der Waals surface area contributed by atoms with E-state index in [2.05, 4.69) is 4.72 Å². The first kappa shape index (κ1) is 16.9. The van der Waals surface area contributed by atoms with Gasteiger partial charge in [-0.15, -0.1) is 0 Å². The van der Waals surface area contributed by atoms with Crippen molar-refractivity contribution in [3.8, 4) is 5.75 Å². The van der Waals surface area contributed by atoms with Crippen molar-refractivity contribution in [1.29, 1.82) is 0 Å². The zero-order valence-corrected chi connectivity index (χ0v) is 13.4. The molecule has 114 valence electrons. The second-order valence-corrected chi connectivity index (χ2v) is 7.94. The van der Waals surface area contributed by atoms with E-state index in [9.17, 15) is 12.6 Å². The third kappa shape index (κ3) is 4.46. The number of nitrogens with two attached hydrogens (primary N) is 1. The molecular formula is C12H20N2O4S2. The minimum Gasteiger partial charge on any atom is -0.495 e. The van der Waals surface area contributed by atoms with Crippen LogP contribution in [0.5, 0.6) is 5.75 Å². The molecule has 0 heterocycles. The zero-order chi connectivity index (χ0) is 15.3. The summed E-state index contributed by atoms with van der Waals surface area (Å²) in [5, 5.41) is -0.0690. The summed E-state index contributed by atoms with van der Waals surface area (Å²) < 4.78 is 43.1. The van der Waals surface area contributed by atoms with E-state index in [0.717, 1.165) is 0 Å². The number of nitrogens with one attached hydrogen (secondary N) is 1. The number of anilines is 1. The summed E-state index contributed by atoms with van der Waals surface area (Å²) in [5.74, 6) is 0.235. The predicted octanol–water partition coefficient (Wildman–Crippen LogP) is 0.713. The SMILES string of the molecule is COc1ccc(N)cc1S(=O)(=O)NCCC(C)S(C)=O. The summed E-state index contributed by atoms with van der Waals surface area (Å²) in [5.41, 5.74) is 5.95. The average molecular weight is 320 g/mol. The molecule has 0 aromatic heterocycles. The predicted molar refractivity (Wildman–Crippen MR) is 80.7 cm³/mol. The molecule has 1 aromatic rings. The number of ether oxygens (including phenoxy) is 1. The first-order chi connectivity index (χ1) is 9.27. The van der Waals surface area contributed by atoms with Gasteiger partial charge in [0.15, 0.2) is 0 Å². The van der Waals surface area contributed by atoms with Crippen LogP contribution in [0, 0.1) is 0 Å². The molecular weight excluding hydrogens is 300 g/mol. The van der Waals surface area contributed by atoms with Crippen molar-refractivity contribution in [2.45, 2.75) is 23.5 Å². The molecule has 8 heteroatoms. The molecule has 0 fully saturated rings. The van der Waals surface area contributed by atoms with Crippen molar-refractivity contribution >= 4 is 26.5 Å². The van der Waals surface area contributed by atoms with Crippen molar-refractivity contribution in [3.05, 3.63) is 18.2 Å². The summed E-state index contributed by atoms with van der Waals surface area (Å²) in [6.45, 7) is 2.02. The van der Waals surface area contributed by atoms with Crippen LogP contribution in [0.25, 0.3) is 0 Å². The quantitative estimate of drug-likeness (QED) is 0.721. The number of nitrogen functional groups attached to an aromatic ring is 1. The molecule has 0 radical (unpaired) electrons. The van der Waals surface area contributed by atoms with Gasteiger partial charge in [0.1, 0.15) is 10.6 Å². The number of hydrogen-bond acceptors (Lipinski definition) is 5. The highest BCUT2D eigenvalue weighted by atomic mass is 32.2. The van der Waals surface area contributed by atoms with Crippen molar-refractivity contribution < 1.29 is 17.4 Å². The van der Waals surface area contributed by atoms with Crippen LogP contribution in [0.2, 0.25) is 0 Å². The molecule has 0 aliphatic heterocycles. The Morgan fingerprint density at radius 1 is 1.45 bits per heavy atom. The maximum absolute atomic E-state index is 12.2. The molecule has 0 saturated heterocycles. The summed E-state index contributed by atoms with van der Waals surface area (Å²) in [6, 6.07) is 4.43. The Kier molecular flexibility index (Phi) is 5.97. The number of rotatable bonds is 7. The van der Waals surface area contributed by atoms with Gasteiger partial charge in [-0.05, 0) is 24.6 Å². The number of sulfonamides is 1. The molecule has 0 bridgehead atoms. The van der Waals surface area contributed by atoms with Gasteiger partial charge >= 0.3 is 0 Å². The monoisotopic (exact) mass is 320 g/mol. The average Bonchev–Trinajstić information content (AvgIpc) is 2.38. The van der Waals surface area contributed by atoms with E-state index in [0.29, 0.717) is 12.1 Å². The summed E-state index contributed by atoms with van der Waals surface area (Å²) in [7, 11) is -3.28. The van der Waals surface area contributed by atoms with Gasteiger partial charge in [0.2, 0.25) is 10.0 Å². The molecule has 0 amide bonds. The zero-order valence-electron chi connectivity index (χ0n) is 11.8. The first-order valence-electron chi connectivity index (χ1n) is 6.03. The summed E-state index contributed by atoms with van der Waals surface area (Å²) in [4.78, 5) is 0.00488. The maximum atomic E-state index is 12.2. The summed E-state index contributed by atoms with van der Waals surface area (Å²) >= 11 is 0. The van der Waals surface area contributed by atoms with Gasteiger partial charge in [0.25, 0.3) is 0 Å². The van der Waals surface area contributed by atoms with Crippen molar-refractivity contribution in [3.63, 3.8) is 0 Å². The molecule has 2 atom stereocenters. The molecule has 0 aliphatic carbocycles. The Bertz CT molecular complexity index is 587. The van der Waals surface area contributed by atoms with Crippen molar-refractivity contribution in [1.82, 2.24) is 4.72 Å². The van der Waals surface area contributed by atoms with E-state index in [1.807, 2.05) is 6.92 Å². The molecule has 0 saturated carbocycles. The lowest BCUT2D eigenvalue weighted by molar-refractivity contribution is 0.402. The van der Waals surface area contributed by atoms with Gasteiger partial charge in [-0.25, -0.2) is 13.1 Å². The second-order valence-electron chi connectivity index (χ2n) is 4.41. The Morgan fingerprint density at radius 3 is 2.65 bits per heavy atom. The van der Waals surface area contributed by atoms with Crippen LogP contribution in [-0.2, 0) is 20.8 Å². The van der Waals surface area contributed by atoms with Crippen LogP contribution in [0.3, 0.4) is 0 Å². The lowest BCUT2D eigenvalue weighted by atomic mass is 10.3. The molecule has 20 heavy (non-hydrogen) atoms. The van der Waals surface area contributed by atoms with E-state index in [-0.39, 0.29) is 22.4 Å². The van der Waals surface area contributed by atoms with Gasteiger partial charge in [0.05, 0.1) is 7.11 Å². The minimum absolute atomic E-state index is 0.00488. The lowest BCUT2D eigenvalue weighted by Crippen LogP contribution is -2.28. The second kappa shape index (κ2) is 7.05. The smallest absolute Gasteiger partial charge is 0.244 e. The lowest BCUT2D eigenvalue weighted by Gasteiger charge is -2.12. The molecule has 1 rings (SSSR count). The fourth-order valence-corrected chi connectivity index (χ4v) is 3.24. The minimum atomic E-state index is -3.70. The van der Waals surface area contributed by atoms with Crippen molar-refractivity contribution in [2.24, 2.45) is 0 Å².